The van der Waals surface area contributed by atoms with Crippen molar-refractivity contribution in [2.75, 3.05) is 24.5 Å². The molecule has 17 heavy (non-hydrogen) atoms. The van der Waals surface area contributed by atoms with Crippen molar-refractivity contribution in [3.05, 3.63) is 12.4 Å². The van der Waals surface area contributed by atoms with Gasteiger partial charge in [-0.05, 0) is 40.2 Å². The maximum absolute atomic E-state index is 4.54. The predicted octanol–water partition coefficient (Wildman–Crippen LogP) is 2.04. The van der Waals surface area contributed by atoms with E-state index in [4.69, 9.17) is 0 Å². The number of aromatic nitrogens is 2. The summed E-state index contributed by atoms with van der Waals surface area (Å²) in [6.45, 7) is 9.89. The molecule has 0 aliphatic carbocycles. The number of hydrogen-bond acceptors (Lipinski definition) is 3. The van der Waals surface area contributed by atoms with Gasteiger partial charge in [0.1, 0.15) is 0 Å². The van der Waals surface area contributed by atoms with Crippen molar-refractivity contribution < 1.29 is 0 Å². The molecular formula is C13H24N4. The van der Waals surface area contributed by atoms with E-state index < -0.39 is 0 Å². The van der Waals surface area contributed by atoms with Crippen LogP contribution in [-0.4, -0.2) is 35.2 Å². The Hall–Kier alpha value is -1.03. The summed E-state index contributed by atoms with van der Waals surface area (Å²) in [4.78, 5) is 6.98. The Morgan fingerprint density at radius 3 is 3.00 bits per heavy atom. The highest BCUT2D eigenvalue weighted by Crippen LogP contribution is 2.21. The molecule has 0 amide bonds. The van der Waals surface area contributed by atoms with Gasteiger partial charge in [-0.2, -0.15) is 0 Å². The van der Waals surface area contributed by atoms with Gasteiger partial charge in [-0.15, -0.1) is 0 Å². The summed E-state index contributed by atoms with van der Waals surface area (Å²) in [7, 11) is 0. The molecular weight excluding hydrogens is 212 g/mol. The maximum atomic E-state index is 4.54. The minimum Gasteiger partial charge on any atom is -0.338 e. The fourth-order valence-electron chi connectivity index (χ4n) is 2.59. The molecule has 1 aliphatic rings. The Morgan fingerprint density at radius 1 is 1.59 bits per heavy atom. The normalized spacial score (nSPS) is 20.8. The van der Waals surface area contributed by atoms with Crippen LogP contribution >= 0.6 is 0 Å². The van der Waals surface area contributed by atoms with Crippen molar-refractivity contribution in [2.45, 2.75) is 45.7 Å². The largest absolute Gasteiger partial charge is 0.338 e. The first-order valence-corrected chi connectivity index (χ1v) is 6.74. The fourth-order valence-corrected chi connectivity index (χ4v) is 2.59. The molecule has 96 valence electrons. The molecule has 0 saturated carbocycles. The van der Waals surface area contributed by atoms with E-state index in [-0.39, 0.29) is 0 Å². The third-order valence-corrected chi connectivity index (χ3v) is 3.51. The second-order valence-corrected chi connectivity index (χ2v) is 5.01. The van der Waals surface area contributed by atoms with Gasteiger partial charge in [-0.1, -0.05) is 0 Å². The van der Waals surface area contributed by atoms with Crippen LogP contribution in [0.5, 0.6) is 0 Å². The summed E-state index contributed by atoms with van der Waals surface area (Å²) in [5.41, 5.74) is 0. The lowest BCUT2D eigenvalue weighted by Crippen LogP contribution is -2.47. The maximum Gasteiger partial charge on any atom is 0.205 e. The third-order valence-electron chi connectivity index (χ3n) is 3.51. The number of nitrogens with one attached hydrogen (secondary N) is 1. The lowest BCUT2D eigenvalue weighted by Gasteiger charge is -2.35. The van der Waals surface area contributed by atoms with Crippen molar-refractivity contribution in [3.63, 3.8) is 0 Å². The average molecular weight is 236 g/mol. The predicted molar refractivity (Wildman–Crippen MR) is 71.5 cm³/mol. The Kier molecular flexibility index (Phi) is 4.05. The quantitative estimate of drug-likeness (QED) is 0.868. The average Bonchev–Trinajstić information content (AvgIpc) is 2.81. The molecule has 0 spiro atoms. The summed E-state index contributed by atoms with van der Waals surface area (Å²) in [5.74, 6) is 1.12. The molecule has 1 atom stereocenters. The van der Waals surface area contributed by atoms with E-state index in [1.165, 1.54) is 12.8 Å². The van der Waals surface area contributed by atoms with E-state index in [0.29, 0.717) is 12.1 Å². The first-order valence-electron chi connectivity index (χ1n) is 6.74. The molecule has 1 unspecified atom stereocenters. The molecule has 1 N–H and O–H groups in total. The molecule has 1 aromatic rings. The van der Waals surface area contributed by atoms with E-state index in [1.807, 2.05) is 6.20 Å². The van der Waals surface area contributed by atoms with Crippen LogP contribution in [0.1, 0.15) is 39.7 Å². The highest BCUT2D eigenvalue weighted by molar-refractivity contribution is 5.34. The smallest absolute Gasteiger partial charge is 0.205 e. The van der Waals surface area contributed by atoms with E-state index in [9.17, 15) is 0 Å². The first-order chi connectivity index (χ1) is 8.24. The topological polar surface area (TPSA) is 33.1 Å². The molecule has 0 radical (unpaired) electrons. The van der Waals surface area contributed by atoms with Crippen LogP contribution < -0.4 is 10.2 Å². The van der Waals surface area contributed by atoms with Gasteiger partial charge in [0.2, 0.25) is 5.95 Å². The zero-order valence-electron chi connectivity index (χ0n) is 11.2. The van der Waals surface area contributed by atoms with Crippen LogP contribution in [0.2, 0.25) is 0 Å². The van der Waals surface area contributed by atoms with Gasteiger partial charge in [-0.25, -0.2) is 4.98 Å². The molecule has 2 rings (SSSR count). The molecule has 4 heteroatoms. The zero-order valence-corrected chi connectivity index (χ0v) is 11.2. The lowest BCUT2D eigenvalue weighted by atomic mass is 10.1. The van der Waals surface area contributed by atoms with Crippen LogP contribution in [0.3, 0.4) is 0 Å². The standard InChI is InChI=1S/C13H24N4/c1-4-16(12-6-5-7-14-10-12)13-15-8-9-17(13)11(2)3/h8-9,11-12,14H,4-7,10H2,1-3H3. The van der Waals surface area contributed by atoms with Gasteiger partial charge in [0.05, 0.1) is 0 Å². The molecule has 1 aromatic heterocycles. The van der Waals surface area contributed by atoms with Crippen molar-refractivity contribution >= 4 is 5.95 Å². The minimum absolute atomic E-state index is 0.470. The van der Waals surface area contributed by atoms with E-state index in [0.717, 1.165) is 25.6 Å². The van der Waals surface area contributed by atoms with Crippen LogP contribution in [0.25, 0.3) is 0 Å². The van der Waals surface area contributed by atoms with Gasteiger partial charge in [0.25, 0.3) is 0 Å². The van der Waals surface area contributed by atoms with Crippen molar-refractivity contribution in [2.24, 2.45) is 0 Å². The van der Waals surface area contributed by atoms with Crippen LogP contribution in [-0.2, 0) is 0 Å². The number of hydrogen-bond donors (Lipinski definition) is 1. The van der Waals surface area contributed by atoms with Gasteiger partial charge in [0.15, 0.2) is 0 Å². The third kappa shape index (κ3) is 2.63. The number of rotatable bonds is 4. The lowest BCUT2D eigenvalue weighted by molar-refractivity contribution is 0.424. The van der Waals surface area contributed by atoms with E-state index in [2.05, 4.69) is 46.7 Å². The number of anilines is 1. The van der Waals surface area contributed by atoms with Crippen molar-refractivity contribution in [1.29, 1.82) is 0 Å². The second-order valence-electron chi connectivity index (χ2n) is 5.01. The molecule has 2 heterocycles. The van der Waals surface area contributed by atoms with Gasteiger partial charge in [-0.3, -0.25) is 0 Å². The summed E-state index contributed by atoms with van der Waals surface area (Å²) >= 11 is 0. The summed E-state index contributed by atoms with van der Waals surface area (Å²) in [6.07, 6.45) is 6.53. The van der Waals surface area contributed by atoms with Crippen LogP contribution in [0, 0.1) is 0 Å². The SMILES string of the molecule is CCN(c1nccn1C(C)C)C1CCCNC1. The number of imidazole rings is 1. The number of piperidine rings is 1. The fraction of sp³-hybridized carbons (Fsp3) is 0.769. The summed E-state index contributed by atoms with van der Waals surface area (Å²) < 4.78 is 2.26. The van der Waals surface area contributed by atoms with Crippen molar-refractivity contribution in [3.8, 4) is 0 Å². The first kappa shape index (κ1) is 12.4. The Morgan fingerprint density at radius 2 is 2.41 bits per heavy atom. The number of nitrogens with zero attached hydrogens (tertiary/aromatic N) is 3. The van der Waals surface area contributed by atoms with Gasteiger partial charge < -0.3 is 14.8 Å². The zero-order chi connectivity index (χ0) is 12.3. The van der Waals surface area contributed by atoms with Crippen LogP contribution in [0.15, 0.2) is 12.4 Å². The Labute approximate surface area is 104 Å². The molecule has 4 nitrogen and oxygen atoms in total. The molecule has 0 aromatic carbocycles. The molecule has 1 aliphatic heterocycles. The van der Waals surface area contributed by atoms with Gasteiger partial charge in [0, 0.05) is 37.6 Å². The van der Waals surface area contributed by atoms with Crippen LogP contribution in [0.4, 0.5) is 5.95 Å². The highest BCUT2D eigenvalue weighted by atomic mass is 15.3. The minimum atomic E-state index is 0.470. The Bertz CT molecular complexity index is 339. The molecule has 1 fully saturated rings. The monoisotopic (exact) mass is 236 g/mol. The highest BCUT2D eigenvalue weighted by Gasteiger charge is 2.23. The Balaban J connectivity index is 2.18. The molecule has 1 saturated heterocycles. The second kappa shape index (κ2) is 5.54. The van der Waals surface area contributed by atoms with E-state index >= 15 is 0 Å². The molecule has 0 bridgehead atoms. The van der Waals surface area contributed by atoms with Crippen molar-refractivity contribution in [1.82, 2.24) is 14.9 Å². The van der Waals surface area contributed by atoms with Gasteiger partial charge >= 0.3 is 0 Å². The summed E-state index contributed by atoms with van der Waals surface area (Å²) in [5, 5.41) is 3.48. The van der Waals surface area contributed by atoms with E-state index in [1.54, 1.807) is 0 Å². The summed E-state index contributed by atoms with van der Waals surface area (Å²) in [6, 6.07) is 1.06. The number of likely N-dealkylation sites (N-methyl/N-ethyl adjacent to an activating group) is 1.